The molecule has 0 spiro atoms. The third-order valence-electron chi connectivity index (χ3n) is 8.05. The van der Waals surface area contributed by atoms with Gasteiger partial charge in [0.1, 0.15) is 5.78 Å². The summed E-state index contributed by atoms with van der Waals surface area (Å²) in [6.45, 7) is 4.77. The lowest BCUT2D eigenvalue weighted by atomic mass is 9.45. The van der Waals surface area contributed by atoms with Crippen molar-refractivity contribution >= 4 is 43.4 Å². The second kappa shape index (κ2) is 5.40. The molecule has 0 N–H and O–H groups in total. The molecule has 4 rings (SSSR count). The zero-order valence-corrected chi connectivity index (χ0v) is 17.2. The van der Waals surface area contributed by atoms with Gasteiger partial charge in [0.2, 0.25) is 0 Å². The number of carbonyl (C=O) groups is 2. The summed E-state index contributed by atoms with van der Waals surface area (Å²) < 4.78 is 0. The van der Waals surface area contributed by atoms with Crippen LogP contribution in [0.5, 0.6) is 0 Å². The van der Waals surface area contributed by atoms with E-state index < -0.39 is 0 Å². The Morgan fingerprint density at radius 2 is 1.78 bits per heavy atom. The molecule has 0 heterocycles. The normalized spacial score (nSPS) is 56.0. The van der Waals surface area contributed by atoms with E-state index in [9.17, 15) is 9.59 Å². The monoisotopic (exact) mass is 444 g/mol. The minimum Gasteiger partial charge on any atom is -0.299 e. The van der Waals surface area contributed by atoms with Crippen LogP contribution in [0.2, 0.25) is 0 Å². The van der Waals surface area contributed by atoms with Crippen molar-refractivity contribution in [1.29, 1.82) is 0 Å². The average Bonchev–Trinajstić information content (AvgIpc) is 2.86. The number of hydrogen-bond donors (Lipinski definition) is 0. The van der Waals surface area contributed by atoms with E-state index in [1.807, 2.05) is 0 Å². The lowest BCUT2D eigenvalue weighted by molar-refractivity contribution is -0.155. The Labute approximate surface area is 155 Å². The van der Waals surface area contributed by atoms with Crippen molar-refractivity contribution < 1.29 is 9.59 Å². The Bertz CT molecular complexity index is 562. The summed E-state index contributed by atoms with van der Waals surface area (Å²) in [4.78, 5) is 25.1. The first-order valence-corrected chi connectivity index (χ1v) is 11.0. The fraction of sp³-hybridized carbons (Fsp3) is 0.895. The number of hydrogen-bond acceptors (Lipinski definition) is 2. The molecule has 4 aliphatic carbocycles. The molecule has 4 aliphatic rings. The molecule has 0 aromatic rings. The topological polar surface area (TPSA) is 34.1 Å². The van der Waals surface area contributed by atoms with Gasteiger partial charge in [0.05, 0.1) is 9.65 Å². The molecule has 0 unspecified atom stereocenters. The van der Waals surface area contributed by atoms with Crippen molar-refractivity contribution in [3.05, 3.63) is 0 Å². The highest BCUT2D eigenvalue weighted by molar-refractivity contribution is 9.10. The van der Waals surface area contributed by atoms with Crippen molar-refractivity contribution in [1.82, 2.24) is 0 Å². The Kier molecular flexibility index (Phi) is 3.93. The zero-order chi connectivity index (χ0) is 16.6. The molecule has 4 saturated carbocycles. The van der Waals surface area contributed by atoms with Crippen LogP contribution >= 0.6 is 31.9 Å². The van der Waals surface area contributed by atoms with Gasteiger partial charge in [-0.3, -0.25) is 9.59 Å². The lowest BCUT2D eigenvalue weighted by Crippen LogP contribution is -2.61. The lowest BCUT2D eigenvalue weighted by Gasteiger charge is -2.60. The molecule has 0 aromatic heterocycles. The molecule has 4 heteroatoms. The fourth-order valence-corrected chi connectivity index (χ4v) is 9.50. The number of Topliss-reactive ketones (excluding diaryl/α,β-unsaturated/α-hetero) is 2. The molecule has 23 heavy (non-hydrogen) atoms. The molecular weight excluding hydrogens is 420 g/mol. The van der Waals surface area contributed by atoms with Crippen molar-refractivity contribution in [3.8, 4) is 0 Å². The van der Waals surface area contributed by atoms with E-state index in [0.29, 0.717) is 29.5 Å². The van der Waals surface area contributed by atoms with Crippen LogP contribution in [0.4, 0.5) is 0 Å². The largest absolute Gasteiger partial charge is 0.299 e. The van der Waals surface area contributed by atoms with Crippen LogP contribution in [0.1, 0.15) is 58.8 Å². The van der Waals surface area contributed by atoms with Crippen molar-refractivity contribution in [3.63, 3.8) is 0 Å². The molecule has 0 saturated heterocycles. The van der Waals surface area contributed by atoms with E-state index in [2.05, 4.69) is 45.7 Å². The van der Waals surface area contributed by atoms with Crippen LogP contribution in [0.25, 0.3) is 0 Å². The summed E-state index contributed by atoms with van der Waals surface area (Å²) in [6, 6.07) is 0. The van der Waals surface area contributed by atoms with Crippen LogP contribution in [0.3, 0.4) is 0 Å². The Morgan fingerprint density at radius 3 is 2.52 bits per heavy atom. The van der Waals surface area contributed by atoms with Crippen molar-refractivity contribution in [2.75, 3.05) is 0 Å². The van der Waals surface area contributed by atoms with Gasteiger partial charge in [-0.15, -0.1) is 0 Å². The molecule has 128 valence electrons. The van der Waals surface area contributed by atoms with Crippen molar-refractivity contribution in [2.45, 2.75) is 68.4 Å². The highest BCUT2D eigenvalue weighted by Gasteiger charge is 2.63. The molecule has 0 radical (unpaired) electrons. The van der Waals surface area contributed by atoms with Gasteiger partial charge in [-0.25, -0.2) is 0 Å². The number of fused-ring (bicyclic) bond motifs is 5. The first-order chi connectivity index (χ1) is 10.8. The summed E-state index contributed by atoms with van der Waals surface area (Å²) in [5.41, 5.74) is 0.441. The number of halogens is 2. The van der Waals surface area contributed by atoms with Crippen LogP contribution in [-0.2, 0) is 9.59 Å². The molecule has 2 nitrogen and oxygen atoms in total. The molecule has 0 aromatic carbocycles. The van der Waals surface area contributed by atoms with E-state index in [4.69, 9.17) is 0 Å². The highest BCUT2D eigenvalue weighted by Crippen LogP contribution is 2.66. The highest BCUT2D eigenvalue weighted by atomic mass is 79.9. The maximum absolute atomic E-state index is 13.0. The SMILES string of the molecule is C[C@]12CCC[C@@H]1[C@@H]1CC(=O)[C@@H]3[C@H](Br)C(=O)[C@H](Br)C[C@@]3(C)[C@H]1CC2. The van der Waals surface area contributed by atoms with Gasteiger partial charge in [0.25, 0.3) is 0 Å². The van der Waals surface area contributed by atoms with Gasteiger partial charge >= 0.3 is 0 Å². The van der Waals surface area contributed by atoms with Gasteiger partial charge in [-0.2, -0.15) is 0 Å². The first kappa shape index (κ1) is 16.8. The maximum Gasteiger partial charge on any atom is 0.160 e. The van der Waals surface area contributed by atoms with Gasteiger partial charge in [0, 0.05) is 12.3 Å². The second-order valence-electron chi connectivity index (χ2n) is 9.09. The van der Waals surface area contributed by atoms with Crippen LogP contribution in [-0.4, -0.2) is 21.2 Å². The quantitative estimate of drug-likeness (QED) is 0.496. The predicted molar refractivity (Wildman–Crippen MR) is 97.9 cm³/mol. The molecule has 0 amide bonds. The molecular formula is C19H26Br2O2. The van der Waals surface area contributed by atoms with Crippen LogP contribution in [0, 0.1) is 34.5 Å². The zero-order valence-electron chi connectivity index (χ0n) is 14.0. The molecule has 4 fully saturated rings. The maximum atomic E-state index is 13.0. The number of ketones is 2. The Balaban J connectivity index is 1.73. The van der Waals surface area contributed by atoms with Crippen LogP contribution in [0.15, 0.2) is 0 Å². The van der Waals surface area contributed by atoms with E-state index in [1.54, 1.807) is 0 Å². The van der Waals surface area contributed by atoms with Gasteiger partial charge < -0.3 is 0 Å². The van der Waals surface area contributed by atoms with E-state index in [1.165, 1.54) is 32.1 Å². The summed E-state index contributed by atoms with van der Waals surface area (Å²) in [5.74, 6) is 2.28. The predicted octanol–water partition coefficient (Wildman–Crippen LogP) is 4.91. The van der Waals surface area contributed by atoms with Crippen LogP contribution < -0.4 is 0 Å². The number of alkyl halides is 2. The van der Waals surface area contributed by atoms with Gasteiger partial charge in [0.15, 0.2) is 5.78 Å². The Hall–Kier alpha value is 0.300. The molecule has 0 aliphatic heterocycles. The fourth-order valence-electron chi connectivity index (χ4n) is 6.94. The minimum atomic E-state index is -0.295. The van der Waals surface area contributed by atoms with E-state index in [-0.39, 0.29) is 26.8 Å². The molecule has 0 bridgehead atoms. The first-order valence-electron chi connectivity index (χ1n) is 9.12. The summed E-state index contributed by atoms with van der Waals surface area (Å²) >= 11 is 7.20. The smallest absolute Gasteiger partial charge is 0.160 e. The number of carbonyl (C=O) groups excluding carboxylic acids is 2. The van der Waals surface area contributed by atoms with E-state index in [0.717, 1.165) is 12.3 Å². The van der Waals surface area contributed by atoms with Crippen molar-refractivity contribution in [2.24, 2.45) is 34.5 Å². The number of rotatable bonds is 0. The summed E-state index contributed by atoms with van der Waals surface area (Å²) in [6.07, 6.45) is 8.08. The molecule has 8 atom stereocenters. The summed E-state index contributed by atoms with van der Waals surface area (Å²) in [7, 11) is 0. The van der Waals surface area contributed by atoms with E-state index >= 15 is 0 Å². The average molecular weight is 446 g/mol. The third-order valence-corrected chi connectivity index (χ3v) is 9.81. The standard InChI is InChI=1S/C19H26Br2O2/c1-18-6-3-4-11(18)10-8-14(22)15-16(21)17(23)13(20)9-19(15,2)12(10)5-7-18/h10-13,15-16H,3-9H2,1-2H3/t10-,11+,12-,13+,15+,16-,18+,19-/m0/s1. The second-order valence-corrected chi connectivity index (χ2v) is 11.2. The Morgan fingerprint density at radius 1 is 1.04 bits per heavy atom. The summed E-state index contributed by atoms with van der Waals surface area (Å²) in [5, 5.41) is 0. The minimum absolute atomic E-state index is 0.0276. The van der Waals surface area contributed by atoms with Gasteiger partial charge in [-0.05, 0) is 60.7 Å². The third kappa shape index (κ3) is 2.22. The van der Waals surface area contributed by atoms with Gasteiger partial charge in [-0.1, -0.05) is 52.1 Å².